The molecule has 1 rings (SSSR count). The van der Waals surface area contributed by atoms with Crippen molar-refractivity contribution in [1.29, 1.82) is 0 Å². The molecule has 1 aromatic carbocycles. The van der Waals surface area contributed by atoms with Gasteiger partial charge in [0.2, 0.25) is 0 Å². The summed E-state index contributed by atoms with van der Waals surface area (Å²) < 4.78 is 4.96. The van der Waals surface area contributed by atoms with Gasteiger partial charge in [-0.2, -0.15) is 0 Å². The largest absolute Gasteiger partial charge is 0.512 e. The molecule has 114 valence electrons. The van der Waals surface area contributed by atoms with Crippen LogP contribution in [0.15, 0.2) is 42.2 Å². The molecule has 0 aliphatic rings. The molecule has 0 radical (unpaired) electrons. The minimum Gasteiger partial charge on any atom is -0.512 e. The van der Waals surface area contributed by atoms with E-state index in [1.165, 1.54) is 11.8 Å². The van der Waals surface area contributed by atoms with Crippen LogP contribution in [0.2, 0.25) is 0 Å². The van der Waals surface area contributed by atoms with E-state index in [0.29, 0.717) is 0 Å². The predicted molar refractivity (Wildman–Crippen MR) is 79.5 cm³/mol. The van der Waals surface area contributed by atoms with E-state index in [9.17, 15) is 14.7 Å². The van der Waals surface area contributed by atoms with E-state index < -0.39 is 17.9 Å². The smallest absolute Gasteiger partial charge is 0.328 e. The van der Waals surface area contributed by atoms with Crippen molar-refractivity contribution in [2.45, 2.75) is 33.4 Å². The molecule has 0 heterocycles. The first-order valence-corrected chi connectivity index (χ1v) is 6.84. The minimum absolute atomic E-state index is 0.103. The van der Waals surface area contributed by atoms with Gasteiger partial charge >= 0.3 is 5.97 Å². The Morgan fingerprint density at radius 1 is 1.33 bits per heavy atom. The molecule has 5 nitrogen and oxygen atoms in total. The number of rotatable bonds is 6. The second kappa shape index (κ2) is 8.09. The van der Waals surface area contributed by atoms with Crippen molar-refractivity contribution in [3.8, 4) is 0 Å². The highest BCUT2D eigenvalue weighted by molar-refractivity contribution is 5.91. The number of aliphatic hydroxyl groups is 1. The molecule has 0 aromatic heterocycles. The van der Waals surface area contributed by atoms with Gasteiger partial charge in [-0.05, 0) is 26.3 Å². The van der Waals surface area contributed by atoms with Crippen LogP contribution in [-0.4, -0.2) is 34.5 Å². The molecule has 21 heavy (non-hydrogen) atoms. The molecule has 0 saturated heterocycles. The number of esters is 1. The van der Waals surface area contributed by atoms with Gasteiger partial charge in [-0.25, -0.2) is 4.79 Å². The first-order chi connectivity index (χ1) is 9.95. The fourth-order valence-corrected chi connectivity index (χ4v) is 1.84. The maximum atomic E-state index is 12.2. The quantitative estimate of drug-likeness (QED) is 0.496. The molecule has 0 aliphatic carbocycles. The van der Waals surface area contributed by atoms with E-state index in [2.05, 4.69) is 0 Å². The molecule has 1 unspecified atom stereocenters. The summed E-state index contributed by atoms with van der Waals surface area (Å²) in [5, 5.41) is 9.26. The Morgan fingerprint density at radius 2 is 1.95 bits per heavy atom. The molecule has 0 bridgehead atoms. The van der Waals surface area contributed by atoms with E-state index in [1.807, 2.05) is 30.3 Å². The number of carbonyl (C=O) groups is 2. The summed E-state index contributed by atoms with van der Waals surface area (Å²) in [6.45, 7) is 5.26. The van der Waals surface area contributed by atoms with Gasteiger partial charge in [0.15, 0.2) is 0 Å². The maximum absolute atomic E-state index is 12.2. The molecule has 5 heteroatoms. The number of hydrogen-bond acceptors (Lipinski definition) is 4. The Morgan fingerprint density at radius 3 is 2.48 bits per heavy atom. The van der Waals surface area contributed by atoms with E-state index in [1.54, 1.807) is 13.8 Å². The summed E-state index contributed by atoms with van der Waals surface area (Å²) in [6.07, 6.45) is 1.10. The zero-order valence-corrected chi connectivity index (χ0v) is 12.6. The van der Waals surface area contributed by atoms with Crippen LogP contribution in [0, 0.1) is 0 Å². The van der Waals surface area contributed by atoms with Gasteiger partial charge in [0.1, 0.15) is 6.04 Å². The van der Waals surface area contributed by atoms with Crippen molar-refractivity contribution in [3.63, 3.8) is 0 Å². The van der Waals surface area contributed by atoms with Gasteiger partial charge in [-0.3, -0.25) is 4.79 Å². The van der Waals surface area contributed by atoms with Crippen LogP contribution in [0.25, 0.3) is 0 Å². The van der Waals surface area contributed by atoms with Crippen molar-refractivity contribution in [3.05, 3.63) is 47.7 Å². The lowest BCUT2D eigenvalue weighted by Crippen LogP contribution is -2.43. The topological polar surface area (TPSA) is 66.8 Å². The summed E-state index contributed by atoms with van der Waals surface area (Å²) in [5.41, 5.74) is 0.894. The number of ether oxygens (including phenoxy) is 1. The first kappa shape index (κ1) is 16.8. The van der Waals surface area contributed by atoms with Crippen LogP contribution in [0.3, 0.4) is 0 Å². The normalized spacial score (nSPS) is 12.6. The monoisotopic (exact) mass is 291 g/mol. The first-order valence-electron chi connectivity index (χ1n) is 6.84. The number of hydrogen-bond donors (Lipinski definition) is 1. The van der Waals surface area contributed by atoms with Gasteiger partial charge in [0.25, 0.3) is 5.91 Å². The number of benzene rings is 1. The van der Waals surface area contributed by atoms with Crippen LogP contribution in [0.4, 0.5) is 0 Å². The third kappa shape index (κ3) is 5.30. The second-order valence-corrected chi connectivity index (χ2v) is 4.67. The van der Waals surface area contributed by atoms with Crippen LogP contribution < -0.4 is 0 Å². The molecular formula is C16H21NO4. The van der Waals surface area contributed by atoms with Gasteiger partial charge < -0.3 is 14.7 Å². The van der Waals surface area contributed by atoms with Crippen molar-refractivity contribution in [2.75, 3.05) is 6.61 Å². The van der Waals surface area contributed by atoms with Gasteiger partial charge in [0, 0.05) is 12.6 Å². The Kier molecular flexibility index (Phi) is 6.46. The van der Waals surface area contributed by atoms with E-state index >= 15 is 0 Å². The van der Waals surface area contributed by atoms with Crippen LogP contribution in [-0.2, 0) is 20.9 Å². The summed E-state index contributed by atoms with van der Waals surface area (Å²) >= 11 is 0. The average Bonchev–Trinajstić information content (AvgIpc) is 2.44. The fraction of sp³-hybridized carbons (Fsp3) is 0.375. The number of carbonyl (C=O) groups excluding carboxylic acids is 2. The third-order valence-corrected chi connectivity index (χ3v) is 2.91. The molecule has 1 N–H and O–H groups in total. The van der Waals surface area contributed by atoms with Crippen molar-refractivity contribution < 1.29 is 19.4 Å². The zero-order valence-electron chi connectivity index (χ0n) is 12.6. The summed E-state index contributed by atoms with van der Waals surface area (Å²) in [6, 6.07) is 8.61. The van der Waals surface area contributed by atoms with E-state index in [-0.39, 0.29) is 18.9 Å². The molecular weight excluding hydrogens is 270 g/mol. The molecule has 0 saturated carbocycles. The Hall–Kier alpha value is -2.30. The van der Waals surface area contributed by atoms with Gasteiger partial charge in [-0.1, -0.05) is 30.3 Å². The lowest BCUT2D eigenvalue weighted by molar-refractivity contribution is -0.153. The molecule has 0 fully saturated rings. The second-order valence-electron chi connectivity index (χ2n) is 4.67. The fourth-order valence-electron chi connectivity index (χ4n) is 1.84. The van der Waals surface area contributed by atoms with Gasteiger partial charge in [0.05, 0.1) is 12.4 Å². The minimum atomic E-state index is -0.728. The zero-order chi connectivity index (χ0) is 15.8. The van der Waals surface area contributed by atoms with Crippen molar-refractivity contribution in [1.82, 2.24) is 4.90 Å². The third-order valence-electron chi connectivity index (χ3n) is 2.91. The maximum Gasteiger partial charge on any atom is 0.328 e. The predicted octanol–water partition coefficient (Wildman–Crippen LogP) is 2.43. The highest BCUT2D eigenvalue weighted by Crippen LogP contribution is 2.11. The van der Waals surface area contributed by atoms with Crippen LogP contribution in [0.1, 0.15) is 26.3 Å². The Balaban J connectivity index is 2.96. The molecule has 0 aliphatic heterocycles. The molecule has 1 atom stereocenters. The molecule has 1 amide bonds. The molecule has 1 aromatic rings. The SMILES string of the molecule is CCOC(=O)C(C)N(Cc1ccccc1)C(=O)/C=C(/C)O. The number of amides is 1. The highest BCUT2D eigenvalue weighted by Gasteiger charge is 2.26. The highest BCUT2D eigenvalue weighted by atomic mass is 16.5. The Bertz CT molecular complexity index is 506. The van der Waals surface area contributed by atoms with Crippen molar-refractivity contribution >= 4 is 11.9 Å². The van der Waals surface area contributed by atoms with Crippen molar-refractivity contribution in [2.24, 2.45) is 0 Å². The average molecular weight is 291 g/mol. The summed E-state index contributed by atoms with van der Waals surface area (Å²) in [4.78, 5) is 25.4. The molecule has 0 spiro atoms. The van der Waals surface area contributed by atoms with Crippen LogP contribution in [0.5, 0.6) is 0 Å². The van der Waals surface area contributed by atoms with E-state index in [0.717, 1.165) is 11.6 Å². The number of nitrogens with zero attached hydrogens (tertiary/aromatic N) is 1. The van der Waals surface area contributed by atoms with Gasteiger partial charge in [-0.15, -0.1) is 0 Å². The standard InChI is InChI=1S/C16H21NO4/c1-4-21-16(20)13(3)17(15(19)10-12(2)18)11-14-8-6-5-7-9-14/h5-10,13,18H,4,11H2,1-3H3/b12-10-. The number of aliphatic hydroxyl groups excluding tert-OH is 1. The van der Waals surface area contributed by atoms with Crippen LogP contribution >= 0.6 is 0 Å². The van der Waals surface area contributed by atoms with E-state index in [4.69, 9.17) is 4.74 Å². The lowest BCUT2D eigenvalue weighted by Gasteiger charge is -2.27. The summed E-state index contributed by atoms with van der Waals surface area (Å²) in [7, 11) is 0. The lowest BCUT2D eigenvalue weighted by atomic mass is 10.1. The summed E-state index contributed by atoms with van der Waals surface area (Å²) in [5.74, 6) is -1.00. The Labute approximate surface area is 124 Å². The number of allylic oxidation sites excluding steroid dienone is 1.